The van der Waals surface area contributed by atoms with Gasteiger partial charge in [0.1, 0.15) is 0 Å². The molecule has 0 unspecified atom stereocenters. The predicted octanol–water partition coefficient (Wildman–Crippen LogP) is 2.27. The van der Waals surface area contributed by atoms with E-state index in [2.05, 4.69) is 28.9 Å². The number of hydrogen-bond acceptors (Lipinski definition) is 3. The number of rotatable bonds is 6. The number of amides is 1. The Kier molecular flexibility index (Phi) is 4.71. The van der Waals surface area contributed by atoms with Crippen LogP contribution in [0.1, 0.15) is 17.7 Å². The molecule has 2 aromatic rings. The number of primary amides is 1. The Morgan fingerprint density at radius 3 is 2.75 bits per heavy atom. The lowest BCUT2D eigenvalue weighted by Gasteiger charge is -2.24. The topological polar surface area (TPSA) is 59.2 Å². The lowest BCUT2D eigenvalue weighted by Crippen LogP contribution is -2.28. The Balaban J connectivity index is 2.18. The van der Waals surface area contributed by atoms with E-state index in [0.29, 0.717) is 19.5 Å². The van der Waals surface area contributed by atoms with E-state index in [1.165, 1.54) is 5.56 Å². The van der Waals surface area contributed by atoms with Crippen LogP contribution in [-0.4, -0.2) is 17.4 Å². The van der Waals surface area contributed by atoms with Crippen molar-refractivity contribution in [3.05, 3.63) is 59.9 Å². The maximum absolute atomic E-state index is 11.0. The van der Waals surface area contributed by atoms with Crippen LogP contribution in [0.25, 0.3) is 0 Å². The zero-order valence-corrected chi connectivity index (χ0v) is 11.6. The predicted molar refractivity (Wildman–Crippen MR) is 80.3 cm³/mol. The summed E-state index contributed by atoms with van der Waals surface area (Å²) >= 11 is 0. The van der Waals surface area contributed by atoms with Gasteiger partial charge in [-0.3, -0.25) is 9.78 Å². The highest BCUT2D eigenvalue weighted by molar-refractivity contribution is 5.74. The van der Waals surface area contributed by atoms with Gasteiger partial charge < -0.3 is 10.6 Å². The fourth-order valence-electron chi connectivity index (χ4n) is 2.06. The number of aromatic nitrogens is 1. The second kappa shape index (κ2) is 6.70. The number of aryl methyl sites for hydroxylation is 1. The molecule has 1 amide bonds. The van der Waals surface area contributed by atoms with Crippen molar-refractivity contribution in [2.75, 3.05) is 11.4 Å². The summed E-state index contributed by atoms with van der Waals surface area (Å²) in [6.45, 7) is 3.31. The van der Waals surface area contributed by atoms with Gasteiger partial charge >= 0.3 is 0 Å². The number of hydrogen-bond donors (Lipinski definition) is 1. The third kappa shape index (κ3) is 4.09. The van der Waals surface area contributed by atoms with Gasteiger partial charge in [0.2, 0.25) is 5.91 Å². The van der Waals surface area contributed by atoms with Gasteiger partial charge in [-0.25, -0.2) is 0 Å². The number of carbonyl (C=O) groups excluding carboxylic acids is 1. The summed E-state index contributed by atoms with van der Waals surface area (Å²) in [5.41, 5.74) is 8.50. The zero-order chi connectivity index (χ0) is 14.4. The Labute approximate surface area is 119 Å². The largest absolute Gasteiger partial charge is 0.370 e. The van der Waals surface area contributed by atoms with Crippen molar-refractivity contribution in [3.8, 4) is 0 Å². The lowest BCUT2D eigenvalue weighted by molar-refractivity contribution is -0.117. The highest BCUT2D eigenvalue weighted by Crippen LogP contribution is 2.18. The Morgan fingerprint density at radius 1 is 1.25 bits per heavy atom. The highest BCUT2D eigenvalue weighted by atomic mass is 16.1. The van der Waals surface area contributed by atoms with E-state index < -0.39 is 0 Å². The average molecular weight is 269 g/mol. The molecule has 0 saturated carbocycles. The number of benzene rings is 1. The molecule has 2 rings (SSSR count). The summed E-state index contributed by atoms with van der Waals surface area (Å²) < 4.78 is 0. The molecule has 4 nitrogen and oxygen atoms in total. The molecule has 2 N–H and O–H groups in total. The van der Waals surface area contributed by atoms with Crippen LogP contribution in [-0.2, 0) is 11.3 Å². The number of pyridine rings is 1. The molecule has 0 spiro atoms. The SMILES string of the molecule is Cc1cccc(N(CCC(N)=O)Cc2ccccn2)c1. The Morgan fingerprint density at radius 2 is 2.10 bits per heavy atom. The quantitative estimate of drug-likeness (QED) is 0.875. The van der Waals surface area contributed by atoms with Crippen LogP contribution in [0.4, 0.5) is 5.69 Å². The van der Waals surface area contributed by atoms with Gasteiger partial charge in [-0.2, -0.15) is 0 Å². The van der Waals surface area contributed by atoms with Gasteiger partial charge in [0.15, 0.2) is 0 Å². The third-order valence-electron chi connectivity index (χ3n) is 3.07. The van der Waals surface area contributed by atoms with Crippen LogP contribution in [0.15, 0.2) is 48.7 Å². The number of nitrogens with two attached hydrogens (primary N) is 1. The first-order valence-electron chi connectivity index (χ1n) is 6.65. The minimum Gasteiger partial charge on any atom is -0.370 e. The second-order valence-corrected chi connectivity index (χ2v) is 4.80. The monoisotopic (exact) mass is 269 g/mol. The minimum atomic E-state index is -0.288. The molecule has 20 heavy (non-hydrogen) atoms. The maximum Gasteiger partial charge on any atom is 0.219 e. The fraction of sp³-hybridized carbons (Fsp3) is 0.250. The van der Waals surface area contributed by atoms with Crippen molar-refractivity contribution < 1.29 is 4.79 Å². The van der Waals surface area contributed by atoms with Crippen molar-refractivity contribution >= 4 is 11.6 Å². The molecule has 4 heteroatoms. The van der Waals surface area contributed by atoms with Gasteiger partial charge in [0.25, 0.3) is 0 Å². The van der Waals surface area contributed by atoms with E-state index in [1.54, 1.807) is 6.20 Å². The van der Waals surface area contributed by atoms with Crippen LogP contribution >= 0.6 is 0 Å². The van der Waals surface area contributed by atoms with Crippen LogP contribution < -0.4 is 10.6 Å². The molecule has 1 heterocycles. The summed E-state index contributed by atoms with van der Waals surface area (Å²) in [5, 5.41) is 0. The van der Waals surface area contributed by atoms with Crippen molar-refractivity contribution in [2.45, 2.75) is 19.9 Å². The van der Waals surface area contributed by atoms with Crippen molar-refractivity contribution in [2.24, 2.45) is 5.73 Å². The number of nitrogens with zero attached hydrogens (tertiary/aromatic N) is 2. The second-order valence-electron chi connectivity index (χ2n) is 4.80. The normalized spacial score (nSPS) is 10.2. The van der Waals surface area contributed by atoms with Crippen LogP contribution in [0, 0.1) is 6.92 Å². The first-order chi connectivity index (χ1) is 9.65. The fourth-order valence-corrected chi connectivity index (χ4v) is 2.06. The van der Waals surface area contributed by atoms with Crippen molar-refractivity contribution in [3.63, 3.8) is 0 Å². The first-order valence-corrected chi connectivity index (χ1v) is 6.65. The highest BCUT2D eigenvalue weighted by Gasteiger charge is 2.09. The van der Waals surface area contributed by atoms with Gasteiger partial charge in [0, 0.05) is 24.8 Å². The van der Waals surface area contributed by atoms with E-state index in [4.69, 9.17) is 5.73 Å². The summed E-state index contributed by atoms with van der Waals surface area (Å²) in [6.07, 6.45) is 2.11. The molecule has 0 aliphatic heterocycles. The minimum absolute atomic E-state index is 0.288. The lowest BCUT2D eigenvalue weighted by atomic mass is 10.2. The summed E-state index contributed by atoms with van der Waals surface area (Å²) in [4.78, 5) is 17.5. The molecule has 0 aliphatic carbocycles. The molecule has 1 aromatic heterocycles. The van der Waals surface area contributed by atoms with E-state index in [1.807, 2.05) is 30.3 Å². The molecule has 0 atom stereocenters. The third-order valence-corrected chi connectivity index (χ3v) is 3.07. The van der Waals surface area contributed by atoms with Crippen molar-refractivity contribution in [1.82, 2.24) is 4.98 Å². The van der Waals surface area contributed by atoms with Gasteiger partial charge in [-0.15, -0.1) is 0 Å². The molecule has 0 fully saturated rings. The van der Waals surface area contributed by atoms with E-state index in [0.717, 1.165) is 11.4 Å². The molecule has 0 saturated heterocycles. The number of carbonyl (C=O) groups is 1. The molecule has 0 radical (unpaired) electrons. The smallest absolute Gasteiger partial charge is 0.219 e. The molecule has 104 valence electrons. The number of anilines is 1. The Hall–Kier alpha value is -2.36. The van der Waals surface area contributed by atoms with Crippen LogP contribution in [0.2, 0.25) is 0 Å². The van der Waals surface area contributed by atoms with Crippen LogP contribution in [0.5, 0.6) is 0 Å². The molecule has 1 aromatic carbocycles. The van der Waals surface area contributed by atoms with E-state index in [-0.39, 0.29) is 5.91 Å². The van der Waals surface area contributed by atoms with E-state index >= 15 is 0 Å². The Bertz CT molecular complexity index is 569. The molecule has 0 aliphatic rings. The first kappa shape index (κ1) is 14.1. The molecule has 0 bridgehead atoms. The average Bonchev–Trinajstić information content (AvgIpc) is 2.44. The summed E-state index contributed by atoms with van der Waals surface area (Å²) in [5.74, 6) is -0.288. The summed E-state index contributed by atoms with van der Waals surface area (Å²) in [7, 11) is 0. The van der Waals surface area contributed by atoms with Crippen molar-refractivity contribution in [1.29, 1.82) is 0 Å². The van der Waals surface area contributed by atoms with Gasteiger partial charge in [0.05, 0.1) is 12.2 Å². The van der Waals surface area contributed by atoms with Gasteiger partial charge in [-0.1, -0.05) is 18.2 Å². The van der Waals surface area contributed by atoms with Gasteiger partial charge in [-0.05, 0) is 36.8 Å². The maximum atomic E-state index is 11.0. The van der Waals surface area contributed by atoms with E-state index in [9.17, 15) is 4.79 Å². The summed E-state index contributed by atoms with van der Waals surface area (Å²) in [6, 6.07) is 14.0. The standard InChI is InChI=1S/C16H19N3O/c1-13-5-4-7-15(11-13)19(10-8-16(17)20)12-14-6-2-3-9-18-14/h2-7,9,11H,8,10,12H2,1H3,(H2,17,20). The molecular formula is C16H19N3O. The zero-order valence-electron chi connectivity index (χ0n) is 11.6. The van der Waals surface area contributed by atoms with Crippen LogP contribution in [0.3, 0.4) is 0 Å². The molecular weight excluding hydrogens is 250 g/mol.